The minimum absolute atomic E-state index is 0.126. The number of carbonyl (C=O) groups excluding carboxylic acids is 1. The first kappa shape index (κ1) is 13.4. The van der Waals surface area contributed by atoms with Crippen LogP contribution >= 0.6 is 15.9 Å². The van der Waals surface area contributed by atoms with Crippen molar-refractivity contribution in [3.63, 3.8) is 0 Å². The van der Waals surface area contributed by atoms with Gasteiger partial charge in [0.1, 0.15) is 10.4 Å². The molecule has 0 fully saturated rings. The summed E-state index contributed by atoms with van der Waals surface area (Å²) in [4.78, 5) is 16.1. The van der Waals surface area contributed by atoms with Gasteiger partial charge in [0.05, 0.1) is 12.7 Å². The molecule has 98 valence electrons. The summed E-state index contributed by atoms with van der Waals surface area (Å²) in [5.41, 5.74) is 0.126. The molecule has 2 aromatic rings. The Hall–Kier alpha value is -2.08. The zero-order chi connectivity index (χ0) is 13.8. The number of para-hydroxylation sites is 1. The largest absolute Gasteiger partial charge is 0.504 e. The van der Waals surface area contributed by atoms with Gasteiger partial charge in [0.15, 0.2) is 11.5 Å². The van der Waals surface area contributed by atoms with Gasteiger partial charge in [0.2, 0.25) is 0 Å². The lowest BCUT2D eigenvalue weighted by Gasteiger charge is -2.09. The Morgan fingerprint density at radius 2 is 2.05 bits per heavy atom. The van der Waals surface area contributed by atoms with Crippen molar-refractivity contribution in [3.8, 4) is 11.5 Å². The fraction of sp³-hybridized carbons (Fsp3) is 0.0769. The van der Waals surface area contributed by atoms with Crippen LogP contribution in [-0.2, 0) is 0 Å². The van der Waals surface area contributed by atoms with Crippen LogP contribution in [0.3, 0.4) is 0 Å². The Morgan fingerprint density at radius 3 is 2.74 bits per heavy atom. The van der Waals surface area contributed by atoms with E-state index in [1.165, 1.54) is 13.2 Å². The Bertz CT molecular complexity index is 617. The molecule has 0 spiro atoms. The van der Waals surface area contributed by atoms with Crippen molar-refractivity contribution in [1.82, 2.24) is 4.98 Å². The molecule has 0 unspecified atom stereocenters. The number of halogens is 1. The Labute approximate surface area is 118 Å². The first-order valence-corrected chi connectivity index (χ1v) is 6.21. The van der Waals surface area contributed by atoms with Gasteiger partial charge in [-0.3, -0.25) is 4.79 Å². The van der Waals surface area contributed by atoms with E-state index in [-0.39, 0.29) is 17.1 Å². The minimum Gasteiger partial charge on any atom is -0.504 e. The summed E-state index contributed by atoms with van der Waals surface area (Å²) in [5.74, 6) is -0.0176. The summed E-state index contributed by atoms with van der Waals surface area (Å²) >= 11 is 3.21. The molecule has 5 nitrogen and oxygen atoms in total. The number of benzene rings is 1. The maximum absolute atomic E-state index is 12.0. The number of rotatable bonds is 3. The second kappa shape index (κ2) is 5.71. The molecule has 1 amide bonds. The van der Waals surface area contributed by atoms with Gasteiger partial charge in [-0.15, -0.1) is 0 Å². The van der Waals surface area contributed by atoms with Crippen LogP contribution in [0.2, 0.25) is 0 Å². The Kier molecular flexibility index (Phi) is 4.01. The van der Waals surface area contributed by atoms with Gasteiger partial charge in [-0.1, -0.05) is 12.1 Å². The van der Waals surface area contributed by atoms with Crippen LogP contribution in [0.4, 0.5) is 5.82 Å². The van der Waals surface area contributed by atoms with E-state index in [4.69, 9.17) is 4.74 Å². The number of amides is 1. The summed E-state index contributed by atoms with van der Waals surface area (Å²) in [7, 11) is 1.42. The number of pyridine rings is 1. The van der Waals surface area contributed by atoms with E-state index in [0.29, 0.717) is 10.4 Å². The highest BCUT2D eigenvalue weighted by molar-refractivity contribution is 9.10. The average molecular weight is 323 g/mol. The highest BCUT2D eigenvalue weighted by Crippen LogP contribution is 2.29. The number of methoxy groups -OCH3 is 1. The van der Waals surface area contributed by atoms with Crippen molar-refractivity contribution in [2.24, 2.45) is 0 Å². The maximum atomic E-state index is 12.0. The summed E-state index contributed by atoms with van der Waals surface area (Å²) < 4.78 is 5.56. The smallest absolute Gasteiger partial charge is 0.260 e. The summed E-state index contributed by atoms with van der Waals surface area (Å²) in [6.07, 6.45) is 0. The van der Waals surface area contributed by atoms with Crippen molar-refractivity contribution >= 4 is 27.7 Å². The highest BCUT2D eigenvalue weighted by atomic mass is 79.9. The predicted molar refractivity (Wildman–Crippen MR) is 74.5 cm³/mol. The molecule has 1 aromatic carbocycles. The maximum Gasteiger partial charge on any atom is 0.260 e. The molecule has 19 heavy (non-hydrogen) atoms. The van der Waals surface area contributed by atoms with E-state index in [2.05, 4.69) is 26.2 Å². The number of aromatic hydroxyl groups is 1. The van der Waals surface area contributed by atoms with Crippen LogP contribution < -0.4 is 10.1 Å². The molecule has 0 saturated carbocycles. The quantitative estimate of drug-likeness (QED) is 0.852. The Balaban J connectivity index is 2.25. The van der Waals surface area contributed by atoms with Gasteiger partial charge in [-0.25, -0.2) is 4.98 Å². The third-order valence-corrected chi connectivity index (χ3v) is 2.86. The van der Waals surface area contributed by atoms with E-state index in [1.807, 2.05) is 0 Å². The topological polar surface area (TPSA) is 71.5 Å². The standard InChI is InChI=1S/C13H11BrN2O3/c1-19-9-5-2-4-8(12(9)17)13(18)16-11-7-3-6-10(14)15-11/h2-7,17H,1H3,(H,15,16,18). The average Bonchev–Trinajstić information content (AvgIpc) is 2.39. The van der Waals surface area contributed by atoms with Crippen molar-refractivity contribution in [1.29, 1.82) is 0 Å². The molecule has 1 heterocycles. The lowest BCUT2D eigenvalue weighted by atomic mass is 10.1. The molecular weight excluding hydrogens is 312 g/mol. The number of phenols is 1. The normalized spacial score (nSPS) is 10.0. The second-order valence-electron chi connectivity index (χ2n) is 3.66. The van der Waals surface area contributed by atoms with Crippen molar-refractivity contribution in [3.05, 3.63) is 46.6 Å². The summed E-state index contributed by atoms with van der Waals surface area (Å²) in [6, 6.07) is 9.85. The molecule has 0 atom stereocenters. The number of carbonyl (C=O) groups is 1. The van der Waals surface area contributed by atoms with E-state index in [9.17, 15) is 9.90 Å². The number of anilines is 1. The van der Waals surface area contributed by atoms with E-state index in [1.54, 1.807) is 30.3 Å². The molecule has 0 bridgehead atoms. The minimum atomic E-state index is -0.456. The molecular formula is C13H11BrN2O3. The number of hydrogen-bond acceptors (Lipinski definition) is 4. The molecule has 0 aliphatic carbocycles. The van der Waals surface area contributed by atoms with Gasteiger partial charge in [0, 0.05) is 0 Å². The SMILES string of the molecule is COc1cccc(C(=O)Nc2cccc(Br)n2)c1O. The molecule has 0 aliphatic heterocycles. The number of phenolic OH excluding ortho intramolecular Hbond substituents is 1. The number of aromatic nitrogens is 1. The number of ether oxygens (including phenoxy) is 1. The fourth-order valence-corrected chi connectivity index (χ4v) is 1.88. The lowest BCUT2D eigenvalue weighted by molar-refractivity contribution is 0.102. The van der Waals surface area contributed by atoms with Crippen LogP contribution in [0.5, 0.6) is 11.5 Å². The number of nitrogens with one attached hydrogen (secondary N) is 1. The van der Waals surface area contributed by atoms with Gasteiger partial charge in [-0.2, -0.15) is 0 Å². The van der Waals surface area contributed by atoms with Crippen LogP contribution in [0.15, 0.2) is 41.0 Å². The third kappa shape index (κ3) is 3.03. The van der Waals surface area contributed by atoms with Gasteiger partial charge in [-0.05, 0) is 40.2 Å². The monoisotopic (exact) mass is 322 g/mol. The Morgan fingerprint density at radius 1 is 1.32 bits per heavy atom. The molecule has 2 rings (SSSR count). The van der Waals surface area contributed by atoms with Crippen molar-refractivity contribution < 1.29 is 14.6 Å². The lowest BCUT2D eigenvalue weighted by Crippen LogP contribution is -2.13. The summed E-state index contributed by atoms with van der Waals surface area (Å²) in [5, 5.41) is 12.5. The highest BCUT2D eigenvalue weighted by Gasteiger charge is 2.15. The molecule has 0 saturated heterocycles. The van der Waals surface area contributed by atoms with E-state index in [0.717, 1.165) is 0 Å². The molecule has 6 heteroatoms. The van der Waals surface area contributed by atoms with Crippen LogP contribution in [0, 0.1) is 0 Å². The predicted octanol–water partition coefficient (Wildman–Crippen LogP) is 2.81. The fourth-order valence-electron chi connectivity index (χ4n) is 1.53. The number of nitrogens with zero attached hydrogens (tertiary/aromatic N) is 1. The first-order valence-electron chi connectivity index (χ1n) is 5.41. The number of hydrogen-bond donors (Lipinski definition) is 2. The third-order valence-electron chi connectivity index (χ3n) is 2.42. The van der Waals surface area contributed by atoms with Crippen molar-refractivity contribution in [2.75, 3.05) is 12.4 Å². The zero-order valence-corrected chi connectivity index (χ0v) is 11.6. The zero-order valence-electron chi connectivity index (χ0n) is 10.1. The summed E-state index contributed by atoms with van der Waals surface area (Å²) in [6.45, 7) is 0. The van der Waals surface area contributed by atoms with Crippen LogP contribution in [0.25, 0.3) is 0 Å². The van der Waals surface area contributed by atoms with Gasteiger partial charge < -0.3 is 15.2 Å². The van der Waals surface area contributed by atoms with Crippen molar-refractivity contribution in [2.45, 2.75) is 0 Å². The van der Waals surface area contributed by atoms with Gasteiger partial charge in [0.25, 0.3) is 5.91 Å². The van der Waals surface area contributed by atoms with Crippen LogP contribution in [0.1, 0.15) is 10.4 Å². The van der Waals surface area contributed by atoms with E-state index >= 15 is 0 Å². The first-order chi connectivity index (χ1) is 9.11. The van der Waals surface area contributed by atoms with Crippen LogP contribution in [-0.4, -0.2) is 23.1 Å². The molecule has 1 aromatic heterocycles. The van der Waals surface area contributed by atoms with Gasteiger partial charge >= 0.3 is 0 Å². The molecule has 0 aliphatic rings. The molecule has 0 radical (unpaired) electrons. The van der Waals surface area contributed by atoms with E-state index < -0.39 is 5.91 Å². The molecule has 2 N–H and O–H groups in total. The second-order valence-corrected chi connectivity index (χ2v) is 4.47.